The third kappa shape index (κ3) is 6.90. The highest BCUT2D eigenvalue weighted by molar-refractivity contribution is 5.95. The van der Waals surface area contributed by atoms with Gasteiger partial charge in [0.25, 0.3) is 0 Å². The molecule has 37 heavy (non-hydrogen) atoms. The van der Waals surface area contributed by atoms with Gasteiger partial charge < -0.3 is 20.3 Å². The van der Waals surface area contributed by atoms with E-state index in [9.17, 15) is 9.59 Å². The Morgan fingerprint density at radius 2 is 1.59 bits per heavy atom. The standard InChI is InChI=1S/C30H40N4O3/c1-37-30(36)25-11-15-27(16-12-25)34(19-5-8-22-6-3-2-4-7-22)29(35)24-17-20-33(21-18-24)26-13-9-23(10-14-26)28(31)32/h2-4,6-7,9-10,13-14,24-25,27H,5,8,11-12,15-21H2,1H3,(H3,31,32). The number of rotatable bonds is 9. The summed E-state index contributed by atoms with van der Waals surface area (Å²) in [6, 6.07) is 18.4. The molecule has 4 rings (SSSR count). The molecule has 7 heteroatoms. The molecule has 0 spiro atoms. The second kappa shape index (κ2) is 12.7. The Morgan fingerprint density at radius 3 is 2.19 bits per heavy atom. The molecule has 2 aromatic carbocycles. The first-order chi connectivity index (χ1) is 18.0. The van der Waals surface area contributed by atoms with E-state index in [0.29, 0.717) is 0 Å². The molecule has 1 heterocycles. The average Bonchev–Trinajstić information content (AvgIpc) is 2.95. The molecule has 7 nitrogen and oxygen atoms in total. The Balaban J connectivity index is 1.37. The van der Waals surface area contributed by atoms with E-state index in [1.54, 1.807) is 0 Å². The van der Waals surface area contributed by atoms with Crippen molar-refractivity contribution in [2.75, 3.05) is 31.6 Å². The van der Waals surface area contributed by atoms with Crippen LogP contribution in [-0.2, 0) is 20.7 Å². The number of amides is 1. The summed E-state index contributed by atoms with van der Waals surface area (Å²) in [7, 11) is 1.46. The van der Waals surface area contributed by atoms with Crippen LogP contribution in [-0.4, -0.2) is 55.4 Å². The van der Waals surface area contributed by atoms with Gasteiger partial charge in [-0.1, -0.05) is 30.3 Å². The topological polar surface area (TPSA) is 99.7 Å². The Hall–Kier alpha value is -3.35. The lowest BCUT2D eigenvalue weighted by Crippen LogP contribution is -2.48. The predicted molar refractivity (Wildman–Crippen MR) is 147 cm³/mol. The molecule has 0 atom stereocenters. The van der Waals surface area contributed by atoms with Crippen LogP contribution in [0.2, 0.25) is 0 Å². The predicted octanol–water partition coefficient (Wildman–Crippen LogP) is 4.38. The molecule has 2 aliphatic rings. The van der Waals surface area contributed by atoms with Gasteiger partial charge in [0.1, 0.15) is 5.84 Å². The lowest BCUT2D eigenvalue weighted by Gasteiger charge is -2.40. The van der Waals surface area contributed by atoms with Crippen LogP contribution in [0.15, 0.2) is 54.6 Å². The van der Waals surface area contributed by atoms with Crippen LogP contribution in [0.3, 0.4) is 0 Å². The lowest BCUT2D eigenvalue weighted by molar-refractivity contribution is -0.147. The minimum Gasteiger partial charge on any atom is -0.469 e. The van der Waals surface area contributed by atoms with Gasteiger partial charge in [0.2, 0.25) is 5.91 Å². The summed E-state index contributed by atoms with van der Waals surface area (Å²) < 4.78 is 4.97. The van der Waals surface area contributed by atoms with Crippen molar-refractivity contribution < 1.29 is 14.3 Å². The molecule has 1 saturated heterocycles. The summed E-state index contributed by atoms with van der Waals surface area (Å²) in [5, 5.41) is 7.59. The number of amidine groups is 1. The lowest BCUT2D eigenvalue weighted by atomic mass is 9.84. The second-order valence-electron chi connectivity index (χ2n) is 10.4. The van der Waals surface area contributed by atoms with E-state index in [1.807, 2.05) is 30.3 Å². The van der Waals surface area contributed by atoms with Crippen LogP contribution >= 0.6 is 0 Å². The zero-order chi connectivity index (χ0) is 26.2. The second-order valence-corrected chi connectivity index (χ2v) is 10.4. The SMILES string of the molecule is COC(=O)C1CCC(N(CCCc2ccccc2)C(=O)C2CCN(c3ccc(C(=N)N)cc3)CC2)CC1. The normalized spacial score (nSPS) is 20.3. The molecule has 0 bridgehead atoms. The maximum absolute atomic E-state index is 13.9. The highest BCUT2D eigenvalue weighted by atomic mass is 16.5. The summed E-state index contributed by atoms with van der Waals surface area (Å²) in [6.07, 6.45) is 6.85. The number of methoxy groups -OCH3 is 1. The molecule has 3 N–H and O–H groups in total. The van der Waals surface area contributed by atoms with E-state index < -0.39 is 0 Å². The highest BCUT2D eigenvalue weighted by Crippen LogP contribution is 2.32. The minimum absolute atomic E-state index is 0.0304. The van der Waals surface area contributed by atoms with E-state index in [0.717, 1.165) is 82.3 Å². The number of aryl methyl sites for hydroxylation is 1. The minimum atomic E-state index is -0.121. The number of nitrogens with one attached hydrogen (secondary N) is 1. The molecule has 0 radical (unpaired) electrons. The smallest absolute Gasteiger partial charge is 0.308 e. The zero-order valence-electron chi connectivity index (χ0n) is 21.9. The molecule has 0 unspecified atom stereocenters. The Kier molecular flexibility index (Phi) is 9.20. The summed E-state index contributed by atoms with van der Waals surface area (Å²) in [6.45, 7) is 2.43. The molecule has 0 aromatic heterocycles. The van der Waals surface area contributed by atoms with Crippen molar-refractivity contribution in [2.24, 2.45) is 17.6 Å². The summed E-state index contributed by atoms with van der Waals surface area (Å²) in [5.74, 6) is 0.219. The maximum Gasteiger partial charge on any atom is 0.308 e. The molecule has 1 aliphatic heterocycles. The first-order valence-corrected chi connectivity index (χ1v) is 13.6. The number of nitrogens with zero attached hydrogens (tertiary/aromatic N) is 2. The summed E-state index contributed by atoms with van der Waals surface area (Å²) in [4.78, 5) is 30.3. The third-order valence-corrected chi connectivity index (χ3v) is 8.05. The number of anilines is 1. The number of benzene rings is 2. The fourth-order valence-corrected chi connectivity index (χ4v) is 5.83. The van der Waals surface area contributed by atoms with Crippen LogP contribution in [0.5, 0.6) is 0 Å². The van der Waals surface area contributed by atoms with Gasteiger partial charge in [-0.2, -0.15) is 0 Å². The number of ether oxygens (including phenoxy) is 1. The first kappa shape index (κ1) is 26.7. The van der Waals surface area contributed by atoms with E-state index >= 15 is 0 Å². The molecule has 1 saturated carbocycles. The summed E-state index contributed by atoms with van der Waals surface area (Å²) >= 11 is 0. The van der Waals surface area contributed by atoms with Crippen LogP contribution in [0.1, 0.15) is 56.1 Å². The van der Waals surface area contributed by atoms with Gasteiger partial charge >= 0.3 is 5.97 Å². The van der Waals surface area contributed by atoms with E-state index in [-0.39, 0.29) is 35.6 Å². The van der Waals surface area contributed by atoms with Crippen molar-refractivity contribution in [2.45, 2.75) is 57.4 Å². The molecular weight excluding hydrogens is 464 g/mol. The molecule has 198 valence electrons. The largest absolute Gasteiger partial charge is 0.469 e. The first-order valence-electron chi connectivity index (χ1n) is 13.6. The van der Waals surface area contributed by atoms with Crippen molar-refractivity contribution >= 4 is 23.4 Å². The van der Waals surface area contributed by atoms with Crippen molar-refractivity contribution in [3.63, 3.8) is 0 Å². The number of carbonyl (C=O) groups excluding carboxylic acids is 2. The number of nitrogen functional groups attached to an aromatic ring is 1. The number of hydrogen-bond donors (Lipinski definition) is 2. The van der Waals surface area contributed by atoms with Gasteiger partial charge in [0.15, 0.2) is 0 Å². The van der Waals surface area contributed by atoms with Gasteiger partial charge in [-0.15, -0.1) is 0 Å². The van der Waals surface area contributed by atoms with Gasteiger partial charge in [-0.25, -0.2) is 0 Å². The number of piperidine rings is 1. The van der Waals surface area contributed by atoms with E-state index in [2.05, 4.69) is 34.1 Å². The van der Waals surface area contributed by atoms with Crippen molar-refractivity contribution in [1.29, 1.82) is 5.41 Å². The van der Waals surface area contributed by atoms with E-state index in [1.165, 1.54) is 12.7 Å². The number of hydrogen-bond acceptors (Lipinski definition) is 5. The number of carbonyl (C=O) groups is 2. The molecule has 2 aromatic rings. The molecule has 1 aliphatic carbocycles. The Bertz CT molecular complexity index is 1040. The van der Waals surface area contributed by atoms with Gasteiger partial charge in [-0.05, 0) is 81.2 Å². The van der Waals surface area contributed by atoms with Gasteiger partial charge in [-0.3, -0.25) is 15.0 Å². The van der Waals surface area contributed by atoms with Gasteiger partial charge in [0, 0.05) is 42.8 Å². The maximum atomic E-state index is 13.9. The molecule has 1 amide bonds. The van der Waals surface area contributed by atoms with Crippen molar-refractivity contribution in [3.05, 3.63) is 65.7 Å². The summed E-state index contributed by atoms with van der Waals surface area (Å²) in [5.41, 5.74) is 8.72. The molecular formula is C30H40N4O3. The molecule has 2 fully saturated rings. The fourth-order valence-electron chi connectivity index (χ4n) is 5.83. The average molecular weight is 505 g/mol. The van der Waals surface area contributed by atoms with Crippen LogP contribution < -0.4 is 10.6 Å². The van der Waals surface area contributed by atoms with Crippen molar-refractivity contribution in [3.8, 4) is 0 Å². The Morgan fingerprint density at radius 1 is 0.946 bits per heavy atom. The Labute approximate surface area is 220 Å². The number of esters is 1. The third-order valence-electron chi connectivity index (χ3n) is 8.05. The number of nitrogens with two attached hydrogens (primary N) is 1. The van der Waals surface area contributed by atoms with Crippen molar-refractivity contribution in [1.82, 2.24) is 4.90 Å². The van der Waals surface area contributed by atoms with Crippen LogP contribution in [0.25, 0.3) is 0 Å². The highest BCUT2D eigenvalue weighted by Gasteiger charge is 2.35. The quantitative estimate of drug-likeness (QED) is 0.300. The fraction of sp³-hybridized carbons (Fsp3) is 0.500. The monoisotopic (exact) mass is 504 g/mol. The van der Waals surface area contributed by atoms with Gasteiger partial charge in [0.05, 0.1) is 13.0 Å². The van der Waals surface area contributed by atoms with E-state index in [4.69, 9.17) is 15.9 Å². The zero-order valence-corrected chi connectivity index (χ0v) is 21.9. The van der Waals surface area contributed by atoms with Crippen LogP contribution in [0.4, 0.5) is 5.69 Å². The van der Waals surface area contributed by atoms with Crippen LogP contribution in [0, 0.1) is 17.2 Å².